The Bertz CT molecular complexity index is 1220. The highest BCUT2D eigenvalue weighted by Gasteiger charge is 2.20. The van der Waals surface area contributed by atoms with Gasteiger partial charge in [0.15, 0.2) is 0 Å². The van der Waals surface area contributed by atoms with Gasteiger partial charge in [-0.2, -0.15) is 4.98 Å². The third-order valence-corrected chi connectivity index (χ3v) is 6.63. The fourth-order valence-corrected chi connectivity index (χ4v) is 4.38. The van der Waals surface area contributed by atoms with Crippen molar-refractivity contribution in [1.82, 2.24) is 9.97 Å². The van der Waals surface area contributed by atoms with E-state index in [0.29, 0.717) is 28.3 Å². The van der Waals surface area contributed by atoms with E-state index in [1.54, 1.807) is 14.2 Å². The van der Waals surface area contributed by atoms with Gasteiger partial charge in [-0.1, -0.05) is 35.3 Å². The molecule has 8 heteroatoms. The van der Waals surface area contributed by atoms with Crippen molar-refractivity contribution in [2.24, 2.45) is 0 Å². The van der Waals surface area contributed by atoms with Gasteiger partial charge in [0.25, 0.3) is 0 Å². The molecule has 0 atom stereocenters. The number of rotatable bonds is 7. The molecule has 0 unspecified atom stereocenters. The zero-order chi connectivity index (χ0) is 24.2. The monoisotopic (exact) mass is 498 g/mol. The maximum atomic E-state index is 6.22. The number of hydrogen-bond acceptors (Lipinski definition) is 6. The lowest BCUT2D eigenvalue weighted by atomic mass is 9.99. The van der Waals surface area contributed by atoms with Gasteiger partial charge in [0.2, 0.25) is 5.95 Å². The standard InChI is InChI=1S/C26H28Cl2N4O2/c1-5-32(23-9-7-20(33-3)16-24(23)34-4)26-29-17(2)14-25(30-26)31-12-10-18(11-13-31)19-6-8-21(27)22(28)15-19/h6-10,14-16H,5,11-13H2,1-4H3. The number of aromatic nitrogens is 2. The summed E-state index contributed by atoms with van der Waals surface area (Å²) in [7, 11) is 3.29. The molecule has 0 N–H and O–H groups in total. The fraction of sp³-hybridized carbons (Fsp3) is 0.308. The van der Waals surface area contributed by atoms with E-state index in [4.69, 9.17) is 42.6 Å². The Morgan fingerprint density at radius 2 is 1.82 bits per heavy atom. The van der Waals surface area contributed by atoms with E-state index in [9.17, 15) is 0 Å². The van der Waals surface area contributed by atoms with Gasteiger partial charge >= 0.3 is 0 Å². The van der Waals surface area contributed by atoms with Gasteiger partial charge in [-0.25, -0.2) is 4.98 Å². The molecular weight excluding hydrogens is 471 g/mol. The molecule has 2 aromatic carbocycles. The first-order chi connectivity index (χ1) is 16.4. The molecule has 178 valence electrons. The quantitative estimate of drug-likeness (QED) is 0.367. The number of anilines is 3. The van der Waals surface area contributed by atoms with Gasteiger partial charge in [-0.3, -0.25) is 0 Å². The summed E-state index contributed by atoms with van der Waals surface area (Å²) in [6, 6.07) is 13.6. The number of halogens is 2. The van der Waals surface area contributed by atoms with Gasteiger partial charge in [0.05, 0.1) is 30.0 Å². The average Bonchev–Trinajstić information content (AvgIpc) is 2.86. The van der Waals surface area contributed by atoms with E-state index in [1.807, 2.05) is 49.4 Å². The molecule has 1 aliphatic heterocycles. The van der Waals surface area contributed by atoms with Crippen molar-refractivity contribution in [3.8, 4) is 11.5 Å². The molecule has 0 saturated heterocycles. The lowest BCUT2D eigenvalue weighted by Crippen LogP contribution is -2.30. The van der Waals surface area contributed by atoms with Crippen molar-refractivity contribution in [1.29, 1.82) is 0 Å². The van der Waals surface area contributed by atoms with E-state index in [1.165, 1.54) is 5.57 Å². The van der Waals surface area contributed by atoms with Crippen molar-refractivity contribution >= 4 is 46.2 Å². The Labute approximate surface area is 210 Å². The topological polar surface area (TPSA) is 50.7 Å². The van der Waals surface area contributed by atoms with Crippen molar-refractivity contribution in [3.63, 3.8) is 0 Å². The fourth-order valence-electron chi connectivity index (χ4n) is 4.08. The number of aryl methyl sites for hydroxylation is 1. The molecule has 0 radical (unpaired) electrons. The first-order valence-corrected chi connectivity index (χ1v) is 11.9. The summed E-state index contributed by atoms with van der Waals surface area (Å²) in [6.45, 7) is 6.35. The Morgan fingerprint density at radius 1 is 1.00 bits per heavy atom. The Morgan fingerprint density at radius 3 is 2.47 bits per heavy atom. The highest BCUT2D eigenvalue weighted by molar-refractivity contribution is 6.42. The predicted octanol–water partition coefficient (Wildman–Crippen LogP) is 6.56. The molecule has 2 heterocycles. The summed E-state index contributed by atoms with van der Waals surface area (Å²) in [5, 5.41) is 1.15. The number of ether oxygens (including phenoxy) is 2. The van der Waals surface area contributed by atoms with Crippen LogP contribution < -0.4 is 19.3 Å². The molecule has 34 heavy (non-hydrogen) atoms. The van der Waals surface area contributed by atoms with Crippen LogP contribution in [0.15, 0.2) is 48.5 Å². The SMILES string of the molecule is CCN(c1nc(C)cc(N2CC=C(c3ccc(Cl)c(Cl)c3)CC2)n1)c1ccc(OC)cc1OC. The molecule has 4 rings (SSSR count). The average molecular weight is 499 g/mol. The summed E-state index contributed by atoms with van der Waals surface area (Å²) in [6.07, 6.45) is 3.12. The third-order valence-electron chi connectivity index (χ3n) is 5.89. The summed E-state index contributed by atoms with van der Waals surface area (Å²) in [4.78, 5) is 14.0. The van der Waals surface area contributed by atoms with Crippen LogP contribution in [-0.4, -0.2) is 43.8 Å². The Hall–Kier alpha value is -2.96. The van der Waals surface area contributed by atoms with Crippen LogP contribution in [-0.2, 0) is 0 Å². The number of methoxy groups -OCH3 is 2. The summed E-state index contributed by atoms with van der Waals surface area (Å²) < 4.78 is 11.0. The maximum Gasteiger partial charge on any atom is 0.232 e. The zero-order valence-electron chi connectivity index (χ0n) is 19.8. The van der Waals surface area contributed by atoms with Crippen LogP contribution in [0.3, 0.4) is 0 Å². The van der Waals surface area contributed by atoms with E-state index in [2.05, 4.69) is 22.8 Å². The lowest BCUT2D eigenvalue weighted by molar-refractivity contribution is 0.394. The highest BCUT2D eigenvalue weighted by Crippen LogP contribution is 2.36. The highest BCUT2D eigenvalue weighted by atomic mass is 35.5. The summed E-state index contributed by atoms with van der Waals surface area (Å²) >= 11 is 12.3. The zero-order valence-corrected chi connectivity index (χ0v) is 21.3. The number of hydrogen-bond donors (Lipinski definition) is 0. The lowest BCUT2D eigenvalue weighted by Gasteiger charge is -2.29. The first kappa shape index (κ1) is 24.2. The van der Waals surface area contributed by atoms with E-state index < -0.39 is 0 Å². The second-order valence-corrected chi connectivity index (χ2v) is 8.82. The Balaban J connectivity index is 1.61. The van der Waals surface area contributed by atoms with Crippen LogP contribution in [0.5, 0.6) is 11.5 Å². The van der Waals surface area contributed by atoms with Crippen molar-refractivity contribution in [2.45, 2.75) is 20.3 Å². The third kappa shape index (κ3) is 5.08. The van der Waals surface area contributed by atoms with Gasteiger partial charge in [-0.05, 0) is 55.7 Å². The van der Waals surface area contributed by atoms with E-state index in [-0.39, 0.29) is 0 Å². The minimum absolute atomic E-state index is 0.571. The molecule has 0 aliphatic carbocycles. The van der Waals surface area contributed by atoms with Crippen LogP contribution in [0, 0.1) is 6.92 Å². The molecule has 1 aliphatic rings. The normalized spacial score (nSPS) is 13.5. The number of benzene rings is 2. The van der Waals surface area contributed by atoms with Crippen LogP contribution in [0.1, 0.15) is 24.6 Å². The Kier molecular flexibility index (Phi) is 7.49. The molecule has 1 aromatic heterocycles. The van der Waals surface area contributed by atoms with Crippen molar-refractivity contribution in [2.75, 3.05) is 43.7 Å². The second kappa shape index (κ2) is 10.5. The second-order valence-electron chi connectivity index (χ2n) is 8.00. The minimum atomic E-state index is 0.571. The maximum absolute atomic E-state index is 6.22. The van der Waals surface area contributed by atoms with Crippen molar-refractivity contribution < 1.29 is 9.47 Å². The van der Waals surface area contributed by atoms with Crippen LogP contribution >= 0.6 is 23.2 Å². The van der Waals surface area contributed by atoms with E-state index in [0.717, 1.165) is 48.0 Å². The van der Waals surface area contributed by atoms with Gasteiger partial charge in [0, 0.05) is 37.5 Å². The van der Waals surface area contributed by atoms with Crippen LogP contribution in [0.2, 0.25) is 10.0 Å². The minimum Gasteiger partial charge on any atom is -0.497 e. The van der Waals surface area contributed by atoms with E-state index >= 15 is 0 Å². The van der Waals surface area contributed by atoms with Gasteiger partial charge in [0.1, 0.15) is 17.3 Å². The summed E-state index contributed by atoms with van der Waals surface area (Å²) in [5.41, 5.74) is 4.17. The molecule has 0 fully saturated rings. The van der Waals surface area contributed by atoms with Gasteiger partial charge in [-0.15, -0.1) is 0 Å². The summed E-state index contributed by atoms with van der Waals surface area (Å²) in [5.74, 6) is 2.98. The molecule has 0 saturated carbocycles. The molecule has 0 spiro atoms. The molecular formula is C26H28Cl2N4O2. The van der Waals surface area contributed by atoms with Crippen LogP contribution in [0.25, 0.3) is 5.57 Å². The smallest absolute Gasteiger partial charge is 0.232 e. The molecule has 6 nitrogen and oxygen atoms in total. The largest absolute Gasteiger partial charge is 0.497 e. The molecule has 0 amide bonds. The molecule has 3 aromatic rings. The van der Waals surface area contributed by atoms with Gasteiger partial charge < -0.3 is 19.3 Å². The predicted molar refractivity (Wildman–Crippen MR) is 140 cm³/mol. The first-order valence-electron chi connectivity index (χ1n) is 11.2. The molecule has 0 bridgehead atoms. The van der Waals surface area contributed by atoms with Crippen molar-refractivity contribution in [3.05, 3.63) is 69.8 Å². The number of nitrogens with zero attached hydrogens (tertiary/aromatic N) is 4. The van der Waals surface area contributed by atoms with Crippen LogP contribution in [0.4, 0.5) is 17.5 Å².